The first-order valence-electron chi connectivity index (χ1n) is 26.0. The van der Waals surface area contributed by atoms with E-state index in [0.717, 1.165) is 18.4 Å². The van der Waals surface area contributed by atoms with E-state index in [1.165, 1.54) is 12.0 Å². The molecule has 3 fully saturated rings. The number of hydrogen-bond donors (Lipinski definition) is 2. The third-order valence-electron chi connectivity index (χ3n) is 15.2. The zero-order chi connectivity index (χ0) is 51.7. The fourth-order valence-electron chi connectivity index (χ4n) is 10.7. The Morgan fingerprint density at radius 1 is 0.843 bits per heavy atom. The smallest absolute Gasteiger partial charge is 0.329 e. The number of Topliss-reactive ketones (excluding diaryl/α,β-unsaturated/α-hetero) is 3. The molecule has 2 bridgehead atoms. The first-order chi connectivity index (χ1) is 33.3. The number of piperidine rings is 1. The molecule has 396 valence electrons. The van der Waals surface area contributed by atoms with E-state index in [1.807, 2.05) is 65.0 Å². The van der Waals surface area contributed by atoms with Crippen LogP contribution in [0.2, 0.25) is 0 Å². The average Bonchev–Trinajstić information content (AvgIpc) is 3.34. The molecule has 0 aromatic rings. The van der Waals surface area contributed by atoms with Crippen LogP contribution in [0, 0.1) is 35.5 Å². The van der Waals surface area contributed by atoms with Crippen LogP contribution in [0.3, 0.4) is 0 Å². The number of carbonyl (C=O) groups excluding carboxylic acids is 5. The molecule has 3 heterocycles. The van der Waals surface area contributed by atoms with Gasteiger partial charge in [-0.05, 0) is 114 Å². The molecular weight excluding hydrogens is 899 g/mol. The Kier molecular flexibility index (Phi) is 24.3. The number of fused-ring (bicyclic) bond motifs is 3. The number of cyclic esters (lactones) is 1. The van der Waals surface area contributed by atoms with Gasteiger partial charge in [0.05, 0.1) is 37.6 Å². The van der Waals surface area contributed by atoms with Crippen molar-refractivity contribution in [1.82, 2.24) is 4.90 Å². The highest BCUT2D eigenvalue weighted by molar-refractivity contribution is 6.39. The van der Waals surface area contributed by atoms with Crippen LogP contribution < -0.4 is 0 Å². The molecule has 3 aliphatic heterocycles. The molecule has 0 radical (unpaired) electrons. The van der Waals surface area contributed by atoms with Crippen molar-refractivity contribution in [3.63, 3.8) is 0 Å². The molecule has 0 spiro atoms. The molecule has 4 rings (SSSR count). The van der Waals surface area contributed by atoms with Crippen molar-refractivity contribution in [3.8, 4) is 0 Å². The summed E-state index contributed by atoms with van der Waals surface area (Å²) >= 11 is 0. The van der Waals surface area contributed by atoms with Gasteiger partial charge in [0.25, 0.3) is 11.7 Å². The molecule has 1 aliphatic carbocycles. The Labute approximate surface area is 418 Å². The van der Waals surface area contributed by atoms with Crippen LogP contribution in [0.1, 0.15) is 132 Å². The summed E-state index contributed by atoms with van der Waals surface area (Å²) in [4.78, 5) is 72.4. The Morgan fingerprint density at radius 2 is 1.59 bits per heavy atom. The standard InChI is InChI=1S/C55H87NO14/c1-12-67-26-27-68-45-24-22-41(31-48(45)65-10)30-37(5)47-33-44(57)36(4)29-39(7)50(59)51(66-11)49(58)38(6)28-34(2)18-14-13-15-19-35(3)46(64-9)32-42-23-21-40(8)55(63,70-42)52(60)53(61)56-25-17-16-20-43(56)54(62)69-47/h13-15,18-19,29,34,36-38,40-43,45-48,50-51,59,63H,12,16-17,20-28,30-33H2,1-11H3/b15-13+,18-14+,35-19+,39-29+/t34-,36-,37-,38-,40-,41+,42?,43+,45-,46+,47+,48-,50-,51+,55-/m1/s1. The van der Waals surface area contributed by atoms with E-state index >= 15 is 0 Å². The Morgan fingerprint density at radius 3 is 2.27 bits per heavy atom. The van der Waals surface area contributed by atoms with Crippen molar-refractivity contribution >= 4 is 29.2 Å². The summed E-state index contributed by atoms with van der Waals surface area (Å²) in [7, 11) is 4.64. The molecule has 1 saturated carbocycles. The number of methoxy groups -OCH3 is 3. The van der Waals surface area contributed by atoms with Crippen LogP contribution in [-0.2, 0) is 57.1 Å². The van der Waals surface area contributed by atoms with E-state index in [4.69, 9.17) is 33.2 Å². The molecular formula is C55H87NO14. The summed E-state index contributed by atoms with van der Waals surface area (Å²) in [5.41, 5.74) is 1.28. The number of esters is 1. The minimum absolute atomic E-state index is 0.0195. The van der Waals surface area contributed by atoms with E-state index < -0.39 is 77.8 Å². The third kappa shape index (κ3) is 16.3. The Bertz CT molecular complexity index is 1840. The number of nitrogens with zero attached hydrogens (tertiary/aromatic N) is 1. The van der Waals surface area contributed by atoms with Crippen LogP contribution in [0.15, 0.2) is 47.6 Å². The highest BCUT2D eigenvalue weighted by Crippen LogP contribution is 2.38. The van der Waals surface area contributed by atoms with Gasteiger partial charge in [0.1, 0.15) is 30.1 Å². The molecule has 1 amide bonds. The number of ketones is 3. The summed E-state index contributed by atoms with van der Waals surface area (Å²) in [6.07, 6.45) is 12.4. The number of amides is 1. The third-order valence-corrected chi connectivity index (χ3v) is 15.2. The lowest BCUT2D eigenvalue weighted by Crippen LogP contribution is -2.61. The van der Waals surface area contributed by atoms with E-state index in [2.05, 4.69) is 0 Å². The number of rotatable bonds is 11. The van der Waals surface area contributed by atoms with Crippen molar-refractivity contribution in [2.75, 3.05) is 47.7 Å². The van der Waals surface area contributed by atoms with Crippen LogP contribution in [0.4, 0.5) is 0 Å². The van der Waals surface area contributed by atoms with Gasteiger partial charge < -0.3 is 48.3 Å². The SMILES string of the molecule is CCOCCO[C@@H]1CC[C@@H](C[C@@H](C)[C@@H]2CC(=O)[C@H](C)/C=C(\C)[C@@H](O)[C@@H](OC)C(=O)[C@H](C)C[C@H](C)/C=C/C=C/C=C(\C)[C@@H](OC)CC3CC[C@@H](C)[C@@](O)(O3)C(=O)C(=O)N3CCCC[C@H]3C(=O)O2)C[C@H]1OC. The first kappa shape index (κ1) is 59.2. The minimum atomic E-state index is -2.43. The second kappa shape index (κ2) is 28.7. The van der Waals surface area contributed by atoms with Crippen molar-refractivity contribution < 1.29 is 67.3 Å². The molecule has 4 aliphatic rings. The lowest BCUT2D eigenvalue weighted by molar-refractivity contribution is -0.265. The fourth-order valence-corrected chi connectivity index (χ4v) is 10.7. The fraction of sp³-hybridized carbons (Fsp3) is 0.764. The van der Waals surface area contributed by atoms with Gasteiger partial charge in [-0.1, -0.05) is 71.1 Å². The van der Waals surface area contributed by atoms with Gasteiger partial charge >= 0.3 is 5.97 Å². The lowest BCUT2D eigenvalue weighted by Gasteiger charge is -2.42. The summed E-state index contributed by atoms with van der Waals surface area (Å²) in [6.45, 7) is 16.4. The van der Waals surface area contributed by atoms with Crippen LogP contribution in [0.5, 0.6) is 0 Å². The van der Waals surface area contributed by atoms with Crippen molar-refractivity contribution in [3.05, 3.63) is 47.6 Å². The van der Waals surface area contributed by atoms with Crippen molar-refractivity contribution in [2.45, 2.75) is 187 Å². The highest BCUT2D eigenvalue weighted by Gasteiger charge is 2.53. The monoisotopic (exact) mass is 986 g/mol. The molecule has 1 unspecified atom stereocenters. The molecule has 70 heavy (non-hydrogen) atoms. The van der Waals surface area contributed by atoms with Crippen LogP contribution in [-0.4, -0.2) is 147 Å². The van der Waals surface area contributed by atoms with E-state index in [9.17, 15) is 34.2 Å². The topological polar surface area (TPSA) is 194 Å². The van der Waals surface area contributed by atoms with E-state index in [1.54, 1.807) is 41.1 Å². The number of ether oxygens (including phenoxy) is 7. The zero-order valence-corrected chi connectivity index (χ0v) is 44.1. The van der Waals surface area contributed by atoms with E-state index in [0.29, 0.717) is 76.8 Å². The molecule has 15 heteroatoms. The number of allylic oxidation sites excluding steroid dienone is 6. The number of hydrogen-bond acceptors (Lipinski definition) is 14. The molecule has 2 saturated heterocycles. The molecule has 0 aromatic carbocycles. The normalized spacial score (nSPS) is 38.4. The summed E-state index contributed by atoms with van der Waals surface area (Å²) < 4.78 is 41.5. The van der Waals surface area contributed by atoms with Gasteiger partial charge in [0, 0.05) is 65.1 Å². The number of aliphatic hydroxyl groups is 2. The van der Waals surface area contributed by atoms with Crippen molar-refractivity contribution in [1.29, 1.82) is 0 Å². The second-order valence-corrected chi connectivity index (χ2v) is 20.6. The van der Waals surface area contributed by atoms with Gasteiger partial charge in [-0.3, -0.25) is 19.2 Å². The first-order valence-corrected chi connectivity index (χ1v) is 26.0. The van der Waals surface area contributed by atoms with Crippen molar-refractivity contribution in [2.24, 2.45) is 35.5 Å². The zero-order valence-electron chi connectivity index (χ0n) is 44.1. The molecule has 15 nitrogen and oxygen atoms in total. The number of carbonyl (C=O) groups is 5. The Hall–Kier alpha value is -3.41. The Balaban J connectivity index is 1.68. The largest absolute Gasteiger partial charge is 0.460 e. The van der Waals surface area contributed by atoms with Gasteiger partial charge in [-0.15, -0.1) is 0 Å². The molecule has 2 N–H and O–H groups in total. The van der Waals surface area contributed by atoms with Gasteiger partial charge in [0.2, 0.25) is 5.79 Å². The van der Waals surface area contributed by atoms with Crippen LogP contribution >= 0.6 is 0 Å². The van der Waals surface area contributed by atoms with Gasteiger partial charge in [-0.2, -0.15) is 0 Å². The second-order valence-electron chi connectivity index (χ2n) is 20.6. The molecule has 0 aromatic heterocycles. The predicted molar refractivity (Wildman–Crippen MR) is 265 cm³/mol. The summed E-state index contributed by atoms with van der Waals surface area (Å²) in [5.74, 6) is -7.83. The maximum absolute atomic E-state index is 14.5. The van der Waals surface area contributed by atoms with E-state index in [-0.39, 0.29) is 60.9 Å². The minimum Gasteiger partial charge on any atom is -0.460 e. The predicted octanol–water partition coefficient (Wildman–Crippen LogP) is 7.24. The molecule has 15 atom stereocenters. The van der Waals surface area contributed by atoms with Gasteiger partial charge in [-0.25, -0.2) is 4.79 Å². The number of aliphatic hydroxyl groups excluding tert-OH is 1. The maximum Gasteiger partial charge on any atom is 0.329 e. The lowest BCUT2D eigenvalue weighted by atomic mass is 9.78. The average molecular weight is 986 g/mol. The quantitative estimate of drug-likeness (QED) is 0.0911. The summed E-state index contributed by atoms with van der Waals surface area (Å²) in [6, 6.07) is -1.14. The highest BCUT2D eigenvalue weighted by atomic mass is 16.6. The van der Waals surface area contributed by atoms with Crippen LogP contribution in [0.25, 0.3) is 0 Å². The summed E-state index contributed by atoms with van der Waals surface area (Å²) in [5, 5.41) is 23.5. The maximum atomic E-state index is 14.5. The van der Waals surface area contributed by atoms with Gasteiger partial charge in [0.15, 0.2) is 5.78 Å².